The zero-order valence-corrected chi connectivity index (χ0v) is 10.1. The Hall–Kier alpha value is -1.30. The molecular formula is C11H19N3O3. The lowest BCUT2D eigenvalue weighted by Gasteiger charge is -2.37. The van der Waals surface area contributed by atoms with E-state index < -0.39 is 5.41 Å². The van der Waals surface area contributed by atoms with Crippen LogP contribution in [0.25, 0.3) is 0 Å². The maximum Gasteiger partial charge on any atom is 0.236 e. The number of morpholine rings is 1. The van der Waals surface area contributed by atoms with Gasteiger partial charge in [-0.25, -0.2) is 0 Å². The summed E-state index contributed by atoms with van der Waals surface area (Å²) >= 11 is 0. The van der Waals surface area contributed by atoms with E-state index in [2.05, 4.69) is 5.16 Å². The average Bonchev–Trinajstić information content (AvgIpc) is 3.18. The summed E-state index contributed by atoms with van der Waals surface area (Å²) in [5, 5.41) is 11.8. The van der Waals surface area contributed by atoms with Crippen molar-refractivity contribution in [2.24, 2.45) is 16.3 Å². The summed E-state index contributed by atoms with van der Waals surface area (Å²) < 4.78 is 5.37. The van der Waals surface area contributed by atoms with Gasteiger partial charge in [-0.05, 0) is 19.3 Å². The number of hydrogen-bond acceptors (Lipinski definition) is 4. The van der Waals surface area contributed by atoms with E-state index in [1.54, 1.807) is 0 Å². The maximum absolute atomic E-state index is 12.5. The third-order valence-electron chi connectivity index (χ3n) is 3.72. The third-order valence-corrected chi connectivity index (χ3v) is 3.72. The van der Waals surface area contributed by atoms with E-state index in [1.807, 2.05) is 11.8 Å². The average molecular weight is 241 g/mol. The fourth-order valence-electron chi connectivity index (χ4n) is 2.34. The highest BCUT2D eigenvalue weighted by molar-refractivity contribution is 6.09. The van der Waals surface area contributed by atoms with Gasteiger partial charge in [-0.2, -0.15) is 0 Å². The standard InChI is InChI=1S/C11H19N3O3/c1-2-8-7-17-6-5-14(8)10(15)11(3-4-11)9(12)13-16/h8,16H,2-7H2,1H3,(H2,12,13). The van der Waals surface area contributed by atoms with Gasteiger partial charge in [-0.15, -0.1) is 0 Å². The Balaban J connectivity index is 2.14. The van der Waals surface area contributed by atoms with Gasteiger partial charge in [0.15, 0.2) is 5.84 Å². The van der Waals surface area contributed by atoms with Crippen LogP contribution in [0.2, 0.25) is 0 Å². The zero-order chi connectivity index (χ0) is 12.5. The van der Waals surface area contributed by atoms with E-state index in [0.29, 0.717) is 32.6 Å². The van der Waals surface area contributed by atoms with Crippen molar-refractivity contribution >= 4 is 11.7 Å². The lowest BCUT2D eigenvalue weighted by atomic mass is 10.0. The van der Waals surface area contributed by atoms with Gasteiger partial charge in [0.25, 0.3) is 0 Å². The Kier molecular flexibility index (Phi) is 3.24. The lowest BCUT2D eigenvalue weighted by molar-refractivity contribution is -0.143. The predicted octanol–water partition coefficient (Wildman–Crippen LogP) is 0.150. The summed E-state index contributed by atoms with van der Waals surface area (Å²) in [5.41, 5.74) is 4.89. The first-order valence-corrected chi connectivity index (χ1v) is 6.02. The number of carbonyl (C=O) groups excluding carboxylic acids is 1. The van der Waals surface area contributed by atoms with Crippen LogP contribution < -0.4 is 5.73 Å². The van der Waals surface area contributed by atoms with Gasteiger partial charge >= 0.3 is 0 Å². The molecule has 3 N–H and O–H groups in total. The van der Waals surface area contributed by atoms with Crippen molar-refractivity contribution in [2.45, 2.75) is 32.2 Å². The highest BCUT2D eigenvalue weighted by Gasteiger charge is 2.56. The number of amidine groups is 1. The molecule has 0 aromatic carbocycles. The molecule has 1 aliphatic heterocycles. The van der Waals surface area contributed by atoms with Crippen LogP contribution in [0.3, 0.4) is 0 Å². The second kappa shape index (κ2) is 4.52. The van der Waals surface area contributed by atoms with E-state index in [4.69, 9.17) is 15.7 Å². The van der Waals surface area contributed by atoms with Gasteiger partial charge < -0.3 is 20.6 Å². The summed E-state index contributed by atoms with van der Waals surface area (Å²) in [7, 11) is 0. The molecule has 1 saturated carbocycles. The molecule has 0 radical (unpaired) electrons. The molecule has 2 aliphatic rings. The summed E-state index contributed by atoms with van der Waals surface area (Å²) in [6, 6.07) is 0.111. The fourth-order valence-corrected chi connectivity index (χ4v) is 2.34. The van der Waals surface area contributed by atoms with Crippen LogP contribution >= 0.6 is 0 Å². The van der Waals surface area contributed by atoms with Gasteiger partial charge in [0, 0.05) is 6.54 Å². The van der Waals surface area contributed by atoms with Crippen molar-refractivity contribution < 1.29 is 14.7 Å². The molecule has 0 aromatic heterocycles. The second-order valence-electron chi connectivity index (χ2n) is 4.70. The molecule has 96 valence electrons. The predicted molar refractivity (Wildman–Crippen MR) is 61.7 cm³/mol. The van der Waals surface area contributed by atoms with E-state index in [0.717, 1.165) is 6.42 Å². The van der Waals surface area contributed by atoms with Crippen LogP contribution in [0.5, 0.6) is 0 Å². The monoisotopic (exact) mass is 241 g/mol. The first kappa shape index (κ1) is 12.2. The second-order valence-corrected chi connectivity index (χ2v) is 4.70. The molecule has 1 heterocycles. The first-order chi connectivity index (χ1) is 8.15. The molecule has 6 heteroatoms. The molecule has 0 bridgehead atoms. The van der Waals surface area contributed by atoms with E-state index >= 15 is 0 Å². The van der Waals surface area contributed by atoms with Gasteiger partial charge in [0.1, 0.15) is 5.41 Å². The lowest BCUT2D eigenvalue weighted by Crippen LogP contribution is -2.53. The molecular weight excluding hydrogens is 222 g/mol. The number of rotatable bonds is 3. The van der Waals surface area contributed by atoms with Gasteiger partial charge in [0.2, 0.25) is 5.91 Å². The fraction of sp³-hybridized carbons (Fsp3) is 0.818. The quantitative estimate of drug-likeness (QED) is 0.318. The minimum absolute atomic E-state index is 0.0112. The minimum atomic E-state index is -0.737. The number of nitrogens with zero attached hydrogens (tertiary/aromatic N) is 2. The molecule has 0 spiro atoms. The summed E-state index contributed by atoms with van der Waals surface area (Å²) in [6.07, 6.45) is 2.21. The number of carbonyl (C=O) groups is 1. The molecule has 17 heavy (non-hydrogen) atoms. The number of ether oxygens (including phenoxy) is 1. The Morgan fingerprint density at radius 2 is 2.35 bits per heavy atom. The van der Waals surface area contributed by atoms with Crippen LogP contribution in [-0.4, -0.2) is 47.7 Å². The van der Waals surface area contributed by atoms with Crippen molar-refractivity contribution in [1.29, 1.82) is 0 Å². The number of amides is 1. The first-order valence-electron chi connectivity index (χ1n) is 6.02. The highest BCUT2D eigenvalue weighted by atomic mass is 16.5. The Morgan fingerprint density at radius 3 is 2.88 bits per heavy atom. The largest absolute Gasteiger partial charge is 0.409 e. The molecule has 1 aliphatic carbocycles. The number of hydrogen-bond donors (Lipinski definition) is 2. The SMILES string of the molecule is CCC1COCCN1C(=O)C1(C(N)=NO)CC1. The van der Waals surface area contributed by atoms with Crippen LogP contribution in [0.15, 0.2) is 5.16 Å². The van der Waals surface area contributed by atoms with E-state index in [9.17, 15) is 4.79 Å². The van der Waals surface area contributed by atoms with Crippen LogP contribution in [0, 0.1) is 5.41 Å². The van der Waals surface area contributed by atoms with Crippen molar-refractivity contribution in [3.05, 3.63) is 0 Å². The van der Waals surface area contributed by atoms with Crippen molar-refractivity contribution in [3.8, 4) is 0 Å². The summed E-state index contributed by atoms with van der Waals surface area (Å²) in [6.45, 7) is 3.77. The van der Waals surface area contributed by atoms with E-state index in [1.165, 1.54) is 0 Å². The van der Waals surface area contributed by atoms with Crippen molar-refractivity contribution in [3.63, 3.8) is 0 Å². The smallest absolute Gasteiger partial charge is 0.236 e. The minimum Gasteiger partial charge on any atom is -0.409 e. The molecule has 1 unspecified atom stereocenters. The molecule has 2 fully saturated rings. The molecule has 1 saturated heterocycles. The van der Waals surface area contributed by atoms with Gasteiger partial charge in [-0.1, -0.05) is 12.1 Å². The van der Waals surface area contributed by atoms with Crippen molar-refractivity contribution in [2.75, 3.05) is 19.8 Å². The summed E-state index contributed by atoms with van der Waals surface area (Å²) in [5.74, 6) is 0.0341. The van der Waals surface area contributed by atoms with E-state index in [-0.39, 0.29) is 17.8 Å². The molecule has 1 amide bonds. The Labute approximate surface area is 100 Å². The van der Waals surface area contributed by atoms with Crippen LogP contribution in [0.1, 0.15) is 26.2 Å². The van der Waals surface area contributed by atoms with Crippen LogP contribution in [-0.2, 0) is 9.53 Å². The Bertz CT molecular complexity index is 339. The number of nitrogens with two attached hydrogens (primary N) is 1. The molecule has 1 atom stereocenters. The Morgan fingerprint density at radius 1 is 1.65 bits per heavy atom. The molecule has 6 nitrogen and oxygen atoms in total. The van der Waals surface area contributed by atoms with Crippen molar-refractivity contribution in [1.82, 2.24) is 4.90 Å². The maximum atomic E-state index is 12.5. The van der Waals surface area contributed by atoms with Gasteiger partial charge in [0.05, 0.1) is 19.3 Å². The van der Waals surface area contributed by atoms with Crippen LogP contribution in [0.4, 0.5) is 0 Å². The normalized spacial score (nSPS) is 27.9. The molecule has 0 aromatic rings. The third kappa shape index (κ3) is 1.97. The summed E-state index contributed by atoms with van der Waals surface area (Å²) in [4.78, 5) is 14.3. The van der Waals surface area contributed by atoms with Gasteiger partial charge in [-0.3, -0.25) is 4.79 Å². The molecule has 2 rings (SSSR count). The zero-order valence-electron chi connectivity index (χ0n) is 10.1. The highest BCUT2D eigenvalue weighted by Crippen LogP contribution is 2.48. The number of oxime groups is 1. The topological polar surface area (TPSA) is 88.2 Å².